The fourth-order valence-corrected chi connectivity index (χ4v) is 1.73. The van der Waals surface area contributed by atoms with E-state index in [0.717, 1.165) is 25.7 Å². The van der Waals surface area contributed by atoms with E-state index in [1.165, 1.54) is 19.3 Å². The number of rotatable bonds is 1. The molecular formula is C8H16ClNO. The van der Waals surface area contributed by atoms with Crippen molar-refractivity contribution in [2.45, 2.75) is 25.3 Å². The molecule has 0 aromatic rings. The maximum atomic E-state index is 5.38. The molecule has 2 fully saturated rings. The summed E-state index contributed by atoms with van der Waals surface area (Å²) in [4.78, 5) is 0. The van der Waals surface area contributed by atoms with Gasteiger partial charge in [0.15, 0.2) is 0 Å². The highest BCUT2D eigenvalue weighted by atomic mass is 35.5. The number of hydrogen-bond donors (Lipinski definition) is 1. The molecule has 0 amide bonds. The predicted molar refractivity (Wildman–Crippen MR) is 47.2 cm³/mol. The summed E-state index contributed by atoms with van der Waals surface area (Å²) in [5.41, 5.74) is 0. The Balaban J connectivity index is 0.000000605. The second kappa shape index (κ2) is 4.29. The summed E-state index contributed by atoms with van der Waals surface area (Å²) < 4.78 is 5.38. The van der Waals surface area contributed by atoms with Gasteiger partial charge in [-0.3, -0.25) is 0 Å². The van der Waals surface area contributed by atoms with Crippen molar-refractivity contribution in [1.29, 1.82) is 0 Å². The molecule has 1 saturated carbocycles. The number of morpholine rings is 1. The number of ether oxygens (including phenoxy) is 1. The van der Waals surface area contributed by atoms with Crippen LogP contribution in [0.4, 0.5) is 0 Å². The smallest absolute Gasteiger partial charge is 0.0622 e. The van der Waals surface area contributed by atoms with Crippen molar-refractivity contribution < 1.29 is 4.74 Å². The lowest BCUT2D eigenvalue weighted by molar-refractivity contribution is 0.0397. The minimum Gasteiger partial charge on any atom is -0.379 e. The van der Waals surface area contributed by atoms with Crippen molar-refractivity contribution in [3.8, 4) is 0 Å². The quantitative estimate of drug-likeness (QED) is 0.650. The number of nitrogens with one attached hydrogen (secondary N) is 1. The molecule has 1 aliphatic heterocycles. The molecule has 1 heterocycles. The summed E-state index contributed by atoms with van der Waals surface area (Å²) in [7, 11) is 0. The fraction of sp³-hybridized carbons (Fsp3) is 1.00. The van der Waals surface area contributed by atoms with Gasteiger partial charge in [0.1, 0.15) is 0 Å². The molecular weight excluding hydrogens is 162 g/mol. The summed E-state index contributed by atoms with van der Waals surface area (Å²) >= 11 is 0. The van der Waals surface area contributed by atoms with Crippen molar-refractivity contribution in [3.05, 3.63) is 0 Å². The zero-order valence-corrected chi connectivity index (χ0v) is 7.53. The van der Waals surface area contributed by atoms with Crippen LogP contribution >= 0.6 is 12.4 Å². The van der Waals surface area contributed by atoms with E-state index >= 15 is 0 Å². The molecule has 0 spiro atoms. The third-order valence-corrected chi connectivity index (χ3v) is 2.67. The van der Waals surface area contributed by atoms with Crippen LogP contribution in [0.15, 0.2) is 0 Å². The lowest BCUT2D eigenvalue weighted by Crippen LogP contribution is -2.47. The van der Waals surface area contributed by atoms with Crippen LogP contribution in [0.3, 0.4) is 0 Å². The number of hydrogen-bond acceptors (Lipinski definition) is 2. The highest BCUT2D eigenvalue weighted by Gasteiger charge is 2.28. The summed E-state index contributed by atoms with van der Waals surface area (Å²) in [5.74, 6) is 0.931. The topological polar surface area (TPSA) is 21.3 Å². The minimum atomic E-state index is 0. The first-order valence-corrected chi connectivity index (χ1v) is 4.28. The predicted octanol–water partition coefficient (Wildman–Crippen LogP) is 1.20. The third-order valence-electron chi connectivity index (χ3n) is 2.67. The largest absolute Gasteiger partial charge is 0.379 e. The van der Waals surface area contributed by atoms with Gasteiger partial charge in [-0.15, -0.1) is 12.4 Å². The van der Waals surface area contributed by atoms with Crippen molar-refractivity contribution >= 4 is 12.4 Å². The molecule has 0 unspecified atom stereocenters. The van der Waals surface area contributed by atoms with E-state index in [4.69, 9.17) is 4.74 Å². The van der Waals surface area contributed by atoms with E-state index in [0.29, 0.717) is 6.04 Å². The van der Waals surface area contributed by atoms with Gasteiger partial charge in [-0.25, -0.2) is 0 Å². The van der Waals surface area contributed by atoms with Gasteiger partial charge in [-0.2, -0.15) is 0 Å². The molecule has 66 valence electrons. The van der Waals surface area contributed by atoms with Gasteiger partial charge in [0.2, 0.25) is 0 Å². The van der Waals surface area contributed by atoms with Gasteiger partial charge in [0, 0.05) is 12.6 Å². The lowest BCUT2D eigenvalue weighted by Gasteiger charge is -2.36. The Morgan fingerprint density at radius 1 is 1.27 bits per heavy atom. The van der Waals surface area contributed by atoms with Gasteiger partial charge in [0.25, 0.3) is 0 Å². The van der Waals surface area contributed by atoms with E-state index in [-0.39, 0.29) is 12.4 Å². The molecule has 2 aliphatic rings. The first-order valence-electron chi connectivity index (χ1n) is 4.28. The zero-order valence-electron chi connectivity index (χ0n) is 6.71. The summed E-state index contributed by atoms with van der Waals surface area (Å²) in [6.45, 7) is 2.91. The van der Waals surface area contributed by atoms with Crippen LogP contribution in [0, 0.1) is 5.92 Å². The van der Waals surface area contributed by atoms with Crippen molar-refractivity contribution in [1.82, 2.24) is 5.32 Å². The van der Waals surface area contributed by atoms with Crippen LogP contribution < -0.4 is 5.32 Å². The molecule has 0 aromatic carbocycles. The van der Waals surface area contributed by atoms with Gasteiger partial charge >= 0.3 is 0 Å². The van der Waals surface area contributed by atoms with Crippen molar-refractivity contribution in [2.75, 3.05) is 19.8 Å². The fourth-order valence-electron chi connectivity index (χ4n) is 1.73. The Morgan fingerprint density at radius 2 is 2.09 bits per heavy atom. The number of halogens is 1. The molecule has 0 aromatic heterocycles. The average molecular weight is 178 g/mol. The second-order valence-corrected chi connectivity index (χ2v) is 3.33. The van der Waals surface area contributed by atoms with Crippen LogP contribution in [0.2, 0.25) is 0 Å². The Bertz CT molecular complexity index is 111. The molecule has 0 bridgehead atoms. The first kappa shape index (κ1) is 9.30. The maximum absolute atomic E-state index is 5.38. The van der Waals surface area contributed by atoms with E-state index in [1.54, 1.807) is 0 Å². The molecule has 2 rings (SSSR count). The molecule has 11 heavy (non-hydrogen) atoms. The van der Waals surface area contributed by atoms with Crippen LogP contribution in [0.25, 0.3) is 0 Å². The molecule has 1 saturated heterocycles. The molecule has 1 aliphatic carbocycles. The minimum absolute atomic E-state index is 0. The van der Waals surface area contributed by atoms with Gasteiger partial charge in [-0.05, 0) is 18.8 Å². The monoisotopic (exact) mass is 177 g/mol. The Hall–Kier alpha value is 0.210. The molecule has 2 nitrogen and oxygen atoms in total. The average Bonchev–Trinajstić information content (AvgIpc) is 1.86. The van der Waals surface area contributed by atoms with Crippen LogP contribution in [0.1, 0.15) is 19.3 Å². The second-order valence-electron chi connectivity index (χ2n) is 3.33. The summed E-state index contributed by atoms with van der Waals surface area (Å²) in [6.07, 6.45) is 4.27. The van der Waals surface area contributed by atoms with E-state index in [2.05, 4.69) is 5.32 Å². The summed E-state index contributed by atoms with van der Waals surface area (Å²) in [6, 6.07) is 0.683. The molecule has 1 atom stereocenters. The SMILES string of the molecule is C1CC([C@@H]2COCCN2)C1.Cl. The standard InChI is InChI=1S/C8H15NO.ClH/c1-2-7(3-1)8-6-10-5-4-9-8;/h7-9H,1-6H2;1H/t8-;/m0./s1. The van der Waals surface area contributed by atoms with Gasteiger partial charge < -0.3 is 10.1 Å². The lowest BCUT2D eigenvalue weighted by atomic mass is 9.80. The molecule has 0 radical (unpaired) electrons. The van der Waals surface area contributed by atoms with Crippen LogP contribution in [-0.2, 0) is 4.74 Å². The van der Waals surface area contributed by atoms with Gasteiger partial charge in [-0.1, -0.05) is 6.42 Å². The summed E-state index contributed by atoms with van der Waals surface area (Å²) in [5, 5.41) is 3.50. The van der Waals surface area contributed by atoms with E-state index in [9.17, 15) is 0 Å². The molecule has 3 heteroatoms. The van der Waals surface area contributed by atoms with Crippen molar-refractivity contribution in [2.24, 2.45) is 5.92 Å². The van der Waals surface area contributed by atoms with Gasteiger partial charge in [0.05, 0.1) is 13.2 Å². The first-order chi connectivity index (χ1) is 4.97. The van der Waals surface area contributed by atoms with Crippen LogP contribution in [-0.4, -0.2) is 25.8 Å². The van der Waals surface area contributed by atoms with Crippen molar-refractivity contribution in [3.63, 3.8) is 0 Å². The highest BCUT2D eigenvalue weighted by molar-refractivity contribution is 5.85. The molecule has 1 N–H and O–H groups in total. The Morgan fingerprint density at radius 3 is 2.55 bits per heavy atom. The normalized spacial score (nSPS) is 32.2. The third kappa shape index (κ3) is 2.08. The Labute approximate surface area is 74.1 Å². The highest BCUT2D eigenvalue weighted by Crippen LogP contribution is 2.30. The zero-order chi connectivity index (χ0) is 6.81. The van der Waals surface area contributed by atoms with Crippen LogP contribution in [0.5, 0.6) is 0 Å². The van der Waals surface area contributed by atoms with E-state index < -0.39 is 0 Å². The maximum Gasteiger partial charge on any atom is 0.0622 e. The van der Waals surface area contributed by atoms with E-state index in [1.807, 2.05) is 0 Å². The Kier molecular flexibility index (Phi) is 3.63.